The highest BCUT2D eigenvalue weighted by Gasteiger charge is 2.33. The van der Waals surface area contributed by atoms with Crippen molar-refractivity contribution in [2.45, 2.75) is 32.2 Å². The number of aliphatic carboxylic acids is 1. The van der Waals surface area contributed by atoms with E-state index in [2.05, 4.69) is 0 Å². The number of carbonyl (C=O) groups is 2. The fourth-order valence-electron chi connectivity index (χ4n) is 2.40. The summed E-state index contributed by atoms with van der Waals surface area (Å²) < 4.78 is 0. The van der Waals surface area contributed by atoms with E-state index < -0.39 is 12.0 Å². The number of aryl methyl sites for hydroxylation is 1. The largest absolute Gasteiger partial charge is 0.480 e. The summed E-state index contributed by atoms with van der Waals surface area (Å²) in [7, 11) is 0. The first-order chi connectivity index (χ1) is 9.02. The Balaban J connectivity index is 2.31. The molecule has 1 aromatic carbocycles. The molecule has 1 heterocycles. The van der Waals surface area contributed by atoms with Crippen LogP contribution in [0, 0.1) is 6.92 Å². The van der Waals surface area contributed by atoms with Gasteiger partial charge in [0.05, 0.1) is 10.6 Å². The quantitative estimate of drug-likeness (QED) is 0.907. The number of nitrogens with zero attached hydrogens (tertiary/aromatic N) is 1. The van der Waals surface area contributed by atoms with Crippen LogP contribution in [-0.2, 0) is 4.79 Å². The zero-order valence-electron chi connectivity index (χ0n) is 10.7. The molecule has 5 heteroatoms. The second kappa shape index (κ2) is 5.61. The Kier molecular flexibility index (Phi) is 4.10. The molecule has 1 aromatic rings. The van der Waals surface area contributed by atoms with Gasteiger partial charge in [-0.1, -0.05) is 23.7 Å². The minimum atomic E-state index is -0.947. The van der Waals surface area contributed by atoms with Crippen LogP contribution in [-0.4, -0.2) is 34.5 Å². The summed E-state index contributed by atoms with van der Waals surface area (Å²) in [5.74, 6) is -1.24. The van der Waals surface area contributed by atoms with E-state index in [1.54, 1.807) is 12.1 Å². The van der Waals surface area contributed by atoms with E-state index in [0.717, 1.165) is 18.4 Å². The summed E-state index contributed by atoms with van der Waals surface area (Å²) >= 11 is 6.14. The van der Waals surface area contributed by atoms with E-state index in [1.807, 2.05) is 13.0 Å². The SMILES string of the molecule is Cc1cccc(C(=O)N2CCCCC2C(=O)O)c1Cl. The lowest BCUT2D eigenvalue weighted by atomic mass is 10.0. The van der Waals surface area contributed by atoms with E-state index in [1.165, 1.54) is 4.90 Å². The first-order valence-corrected chi connectivity index (χ1v) is 6.69. The van der Waals surface area contributed by atoms with Crippen molar-refractivity contribution in [3.63, 3.8) is 0 Å². The molecule has 0 radical (unpaired) electrons. The minimum absolute atomic E-state index is 0.291. The molecular formula is C14H16ClNO3. The maximum absolute atomic E-state index is 12.5. The summed E-state index contributed by atoms with van der Waals surface area (Å²) in [5, 5.41) is 9.61. The Morgan fingerprint density at radius 1 is 1.37 bits per heavy atom. The fraction of sp³-hybridized carbons (Fsp3) is 0.429. The van der Waals surface area contributed by atoms with Crippen LogP contribution >= 0.6 is 11.6 Å². The Morgan fingerprint density at radius 3 is 2.79 bits per heavy atom. The van der Waals surface area contributed by atoms with Crippen molar-refractivity contribution in [3.8, 4) is 0 Å². The zero-order valence-corrected chi connectivity index (χ0v) is 11.5. The molecule has 0 saturated carbocycles. The zero-order chi connectivity index (χ0) is 14.0. The van der Waals surface area contributed by atoms with Gasteiger partial charge in [-0.25, -0.2) is 4.79 Å². The maximum Gasteiger partial charge on any atom is 0.326 e. The highest BCUT2D eigenvalue weighted by molar-refractivity contribution is 6.34. The number of carbonyl (C=O) groups excluding carboxylic acids is 1. The molecule has 1 unspecified atom stereocenters. The summed E-state index contributed by atoms with van der Waals surface area (Å²) in [6, 6.07) is 4.49. The lowest BCUT2D eigenvalue weighted by molar-refractivity contribution is -0.143. The van der Waals surface area contributed by atoms with Gasteiger partial charge in [0.15, 0.2) is 0 Å². The van der Waals surface area contributed by atoms with Crippen LogP contribution in [0.4, 0.5) is 0 Å². The van der Waals surface area contributed by atoms with Crippen LogP contribution in [0.25, 0.3) is 0 Å². The van der Waals surface area contributed by atoms with Crippen LogP contribution in [0.5, 0.6) is 0 Å². The van der Waals surface area contributed by atoms with Gasteiger partial charge in [-0.3, -0.25) is 4.79 Å². The molecule has 0 bridgehead atoms. The van der Waals surface area contributed by atoms with Crippen LogP contribution in [0.1, 0.15) is 35.2 Å². The predicted molar refractivity (Wildman–Crippen MR) is 72.5 cm³/mol. The number of halogens is 1. The third-order valence-electron chi connectivity index (χ3n) is 3.47. The monoisotopic (exact) mass is 281 g/mol. The topological polar surface area (TPSA) is 57.6 Å². The average molecular weight is 282 g/mol. The van der Waals surface area contributed by atoms with Gasteiger partial charge >= 0.3 is 5.97 Å². The van der Waals surface area contributed by atoms with Crippen molar-refractivity contribution in [2.24, 2.45) is 0 Å². The standard InChI is InChI=1S/C14H16ClNO3/c1-9-5-4-6-10(12(9)15)13(17)16-8-3-2-7-11(16)14(18)19/h4-6,11H,2-3,7-8H2,1H3,(H,18,19). The first kappa shape index (κ1) is 13.9. The third-order valence-corrected chi connectivity index (χ3v) is 3.97. The first-order valence-electron chi connectivity index (χ1n) is 6.31. The van der Waals surface area contributed by atoms with Crippen LogP contribution < -0.4 is 0 Å². The van der Waals surface area contributed by atoms with Crippen molar-refractivity contribution in [3.05, 3.63) is 34.3 Å². The lowest BCUT2D eigenvalue weighted by Crippen LogP contribution is -2.48. The summed E-state index contributed by atoms with van der Waals surface area (Å²) in [5.41, 5.74) is 1.20. The molecule has 1 N–H and O–H groups in total. The van der Waals surface area contributed by atoms with Gasteiger partial charge in [0.25, 0.3) is 5.91 Å². The Bertz CT molecular complexity index is 515. The molecule has 1 fully saturated rings. The Hall–Kier alpha value is -1.55. The molecule has 4 nitrogen and oxygen atoms in total. The normalized spacial score (nSPS) is 19.3. The molecule has 1 atom stereocenters. The van der Waals surface area contributed by atoms with Crippen LogP contribution in [0.15, 0.2) is 18.2 Å². The third kappa shape index (κ3) is 2.73. The van der Waals surface area contributed by atoms with E-state index in [9.17, 15) is 14.7 Å². The summed E-state index contributed by atoms with van der Waals surface area (Å²) in [6.45, 7) is 2.30. The number of carboxylic acid groups (broad SMARTS) is 1. The van der Waals surface area contributed by atoms with Crippen molar-refractivity contribution < 1.29 is 14.7 Å². The number of amides is 1. The predicted octanol–water partition coefficient (Wildman–Crippen LogP) is 2.73. The molecule has 1 amide bonds. The van der Waals surface area contributed by atoms with Crippen LogP contribution in [0.3, 0.4) is 0 Å². The number of likely N-dealkylation sites (tertiary alicyclic amines) is 1. The van der Waals surface area contributed by atoms with Gasteiger partial charge in [-0.2, -0.15) is 0 Å². The molecule has 1 aliphatic heterocycles. The molecule has 2 rings (SSSR count). The van der Waals surface area contributed by atoms with E-state index >= 15 is 0 Å². The fourth-order valence-corrected chi connectivity index (χ4v) is 2.61. The minimum Gasteiger partial charge on any atom is -0.480 e. The highest BCUT2D eigenvalue weighted by atomic mass is 35.5. The number of rotatable bonds is 2. The van der Waals surface area contributed by atoms with Crippen molar-refractivity contribution in [2.75, 3.05) is 6.54 Å². The molecule has 1 aliphatic rings. The van der Waals surface area contributed by atoms with E-state index in [4.69, 9.17) is 11.6 Å². The molecule has 0 aliphatic carbocycles. The van der Waals surface area contributed by atoms with Crippen molar-refractivity contribution in [1.29, 1.82) is 0 Å². The number of benzene rings is 1. The molecule has 0 aromatic heterocycles. The smallest absolute Gasteiger partial charge is 0.326 e. The van der Waals surface area contributed by atoms with Gasteiger partial charge < -0.3 is 10.0 Å². The van der Waals surface area contributed by atoms with Gasteiger partial charge in [0.2, 0.25) is 0 Å². The summed E-state index contributed by atoms with van der Waals surface area (Å²) in [6.07, 6.45) is 2.17. The second-order valence-corrected chi connectivity index (χ2v) is 5.16. The van der Waals surface area contributed by atoms with Gasteiger partial charge in [0.1, 0.15) is 6.04 Å². The number of hydrogen-bond donors (Lipinski definition) is 1. The van der Waals surface area contributed by atoms with Gasteiger partial charge in [-0.05, 0) is 37.8 Å². The molecule has 19 heavy (non-hydrogen) atoms. The molecular weight excluding hydrogens is 266 g/mol. The Labute approximate surface area is 117 Å². The van der Waals surface area contributed by atoms with E-state index in [0.29, 0.717) is 23.6 Å². The number of hydrogen-bond acceptors (Lipinski definition) is 2. The van der Waals surface area contributed by atoms with Gasteiger partial charge in [0, 0.05) is 6.54 Å². The number of carboxylic acids is 1. The molecule has 102 valence electrons. The van der Waals surface area contributed by atoms with Crippen LogP contribution in [0.2, 0.25) is 5.02 Å². The molecule has 0 spiro atoms. The Morgan fingerprint density at radius 2 is 2.11 bits per heavy atom. The van der Waals surface area contributed by atoms with Crippen molar-refractivity contribution >= 4 is 23.5 Å². The average Bonchev–Trinajstić information content (AvgIpc) is 2.41. The van der Waals surface area contributed by atoms with E-state index in [-0.39, 0.29) is 5.91 Å². The number of piperidine rings is 1. The molecule has 1 saturated heterocycles. The maximum atomic E-state index is 12.5. The second-order valence-electron chi connectivity index (χ2n) is 4.78. The van der Waals surface area contributed by atoms with Crippen molar-refractivity contribution in [1.82, 2.24) is 4.90 Å². The van der Waals surface area contributed by atoms with Gasteiger partial charge in [-0.15, -0.1) is 0 Å². The lowest BCUT2D eigenvalue weighted by Gasteiger charge is -2.33. The highest BCUT2D eigenvalue weighted by Crippen LogP contribution is 2.25. The summed E-state index contributed by atoms with van der Waals surface area (Å²) in [4.78, 5) is 25.1.